The Morgan fingerprint density at radius 1 is 1.27 bits per heavy atom. The number of nitrogens with zero attached hydrogens (tertiary/aromatic N) is 1. The minimum Gasteiger partial charge on any atom is -0.383 e. The van der Waals surface area contributed by atoms with E-state index in [4.69, 9.17) is 0 Å². The van der Waals surface area contributed by atoms with Crippen LogP contribution in [0.25, 0.3) is 0 Å². The smallest absolute Gasteiger partial charge is 0.223 e. The van der Waals surface area contributed by atoms with Crippen LogP contribution in [0.1, 0.15) is 51.5 Å². The van der Waals surface area contributed by atoms with Crippen LogP contribution in [0.4, 0.5) is 0 Å². The highest BCUT2D eigenvalue weighted by Crippen LogP contribution is 2.24. The van der Waals surface area contributed by atoms with Crippen molar-refractivity contribution < 1.29 is 9.90 Å². The summed E-state index contributed by atoms with van der Waals surface area (Å²) in [7, 11) is 0. The molecule has 4 N–H and O–H groups in total. The van der Waals surface area contributed by atoms with Crippen LogP contribution in [0.2, 0.25) is 0 Å². The maximum absolute atomic E-state index is 12.1. The second kappa shape index (κ2) is 10.5. The molecule has 0 saturated heterocycles. The van der Waals surface area contributed by atoms with E-state index in [1.165, 1.54) is 6.42 Å². The van der Waals surface area contributed by atoms with Gasteiger partial charge in [0, 0.05) is 25.6 Å². The molecule has 1 unspecified atom stereocenters. The van der Waals surface area contributed by atoms with E-state index in [9.17, 15) is 9.90 Å². The third-order valence-electron chi connectivity index (χ3n) is 4.72. The molecule has 0 aromatic carbocycles. The van der Waals surface area contributed by atoms with Crippen LogP contribution in [0, 0.1) is 5.92 Å². The molecule has 1 amide bonds. The van der Waals surface area contributed by atoms with Crippen molar-refractivity contribution in [3.63, 3.8) is 0 Å². The summed E-state index contributed by atoms with van der Waals surface area (Å²) in [5.41, 5.74) is -0.112. The summed E-state index contributed by atoms with van der Waals surface area (Å²) in [5.74, 6) is 1.01. The molecule has 0 bridgehead atoms. The molecule has 0 spiro atoms. The number of amides is 1. The molecule has 26 heavy (non-hydrogen) atoms. The van der Waals surface area contributed by atoms with Crippen molar-refractivity contribution in [2.45, 2.75) is 51.6 Å². The Morgan fingerprint density at radius 2 is 2.00 bits per heavy atom. The van der Waals surface area contributed by atoms with Gasteiger partial charge >= 0.3 is 0 Å². The highest BCUT2D eigenvalue weighted by Gasteiger charge is 2.23. The van der Waals surface area contributed by atoms with E-state index in [-0.39, 0.29) is 18.4 Å². The zero-order valence-electron chi connectivity index (χ0n) is 15.9. The van der Waals surface area contributed by atoms with Gasteiger partial charge in [-0.05, 0) is 49.1 Å². The highest BCUT2D eigenvalue weighted by atomic mass is 32.1. The molecular weight excluding hydrogens is 348 g/mol. The lowest BCUT2D eigenvalue weighted by atomic mass is 9.89. The van der Waals surface area contributed by atoms with Crippen LogP contribution in [0.5, 0.6) is 0 Å². The van der Waals surface area contributed by atoms with Crippen LogP contribution in [0.3, 0.4) is 0 Å². The molecule has 1 atom stereocenters. The topological polar surface area (TPSA) is 85.8 Å². The summed E-state index contributed by atoms with van der Waals surface area (Å²) >= 11 is 1.56. The molecule has 1 heterocycles. The minimum absolute atomic E-state index is 0.175. The molecule has 7 heteroatoms. The minimum atomic E-state index is -0.989. The maximum Gasteiger partial charge on any atom is 0.223 e. The lowest BCUT2D eigenvalue weighted by molar-refractivity contribution is -0.125. The highest BCUT2D eigenvalue weighted by molar-refractivity contribution is 7.08. The number of thiophene rings is 1. The number of rotatable bonds is 8. The lowest BCUT2D eigenvalue weighted by Crippen LogP contribution is -2.43. The van der Waals surface area contributed by atoms with Gasteiger partial charge in [0.1, 0.15) is 5.60 Å². The lowest BCUT2D eigenvalue weighted by Gasteiger charge is -2.22. The fraction of sp³-hybridized carbons (Fsp3) is 0.684. The van der Waals surface area contributed by atoms with Gasteiger partial charge in [0.05, 0.1) is 6.54 Å². The molecule has 0 aliphatic heterocycles. The fourth-order valence-electron chi connectivity index (χ4n) is 3.11. The second-order valence-corrected chi connectivity index (χ2v) is 7.81. The number of carbonyl (C=O) groups is 1. The zero-order chi connectivity index (χ0) is 18.8. The molecule has 6 nitrogen and oxygen atoms in total. The van der Waals surface area contributed by atoms with Gasteiger partial charge in [0.25, 0.3) is 0 Å². The average molecular weight is 381 g/mol. The van der Waals surface area contributed by atoms with Crippen molar-refractivity contribution in [2.75, 3.05) is 26.2 Å². The molecule has 0 radical (unpaired) electrons. The molecule has 1 aromatic heterocycles. The van der Waals surface area contributed by atoms with Crippen molar-refractivity contribution >= 4 is 23.2 Å². The van der Waals surface area contributed by atoms with Crippen molar-refractivity contribution in [1.82, 2.24) is 16.0 Å². The molecule has 2 rings (SSSR count). The van der Waals surface area contributed by atoms with Gasteiger partial charge in [-0.1, -0.05) is 19.3 Å². The third kappa shape index (κ3) is 6.61. The summed E-state index contributed by atoms with van der Waals surface area (Å²) in [6, 6.07) is 1.92. The number of nitrogens with one attached hydrogen (secondary N) is 3. The number of hydrogen-bond donors (Lipinski definition) is 4. The number of aliphatic hydroxyl groups is 1. The summed E-state index contributed by atoms with van der Waals surface area (Å²) in [4.78, 5) is 16.6. The summed E-state index contributed by atoms with van der Waals surface area (Å²) in [6.07, 6.45) is 5.61. The van der Waals surface area contributed by atoms with E-state index in [1.807, 2.05) is 23.8 Å². The Hall–Kier alpha value is -1.60. The SMILES string of the molecule is CCNC(=NCC(C)(O)c1ccsc1)NCCNC(=O)C1CCCCC1. The van der Waals surface area contributed by atoms with Gasteiger partial charge in [-0.3, -0.25) is 4.79 Å². The predicted octanol–water partition coefficient (Wildman–Crippen LogP) is 2.21. The van der Waals surface area contributed by atoms with Crippen LogP contribution in [-0.2, 0) is 10.4 Å². The van der Waals surface area contributed by atoms with Crippen LogP contribution in [0.15, 0.2) is 21.8 Å². The second-order valence-electron chi connectivity index (χ2n) is 7.03. The van der Waals surface area contributed by atoms with E-state index < -0.39 is 5.60 Å². The van der Waals surface area contributed by atoms with E-state index >= 15 is 0 Å². The predicted molar refractivity (Wildman–Crippen MR) is 107 cm³/mol. The van der Waals surface area contributed by atoms with Crippen LogP contribution >= 0.6 is 11.3 Å². The summed E-state index contributed by atoms with van der Waals surface area (Å²) < 4.78 is 0. The molecule has 1 aliphatic carbocycles. The van der Waals surface area contributed by atoms with Crippen molar-refractivity contribution in [2.24, 2.45) is 10.9 Å². The molecule has 1 aliphatic rings. The molecular formula is C19H32N4O2S. The molecule has 1 fully saturated rings. The first-order chi connectivity index (χ1) is 12.5. The van der Waals surface area contributed by atoms with Gasteiger partial charge in [0.2, 0.25) is 5.91 Å². The quantitative estimate of drug-likeness (QED) is 0.316. The molecule has 1 aromatic rings. The summed E-state index contributed by atoms with van der Waals surface area (Å²) in [6.45, 7) is 5.95. The standard InChI is InChI=1S/C19H32N4O2S/c1-3-20-18(23-14-19(2,25)16-9-12-26-13-16)22-11-10-21-17(24)15-7-5-4-6-8-15/h9,12-13,15,25H,3-8,10-11,14H2,1-2H3,(H,21,24)(H2,20,22,23). The molecule has 1 saturated carbocycles. The van der Waals surface area contributed by atoms with Gasteiger partial charge in [-0.15, -0.1) is 0 Å². The fourth-order valence-corrected chi connectivity index (χ4v) is 3.90. The first kappa shape index (κ1) is 20.7. The summed E-state index contributed by atoms with van der Waals surface area (Å²) in [5, 5.41) is 23.9. The van der Waals surface area contributed by atoms with Crippen molar-refractivity contribution in [1.29, 1.82) is 0 Å². The zero-order valence-corrected chi connectivity index (χ0v) is 16.7. The first-order valence-corrected chi connectivity index (χ1v) is 10.5. The Kier molecular flexibility index (Phi) is 8.38. The number of guanidine groups is 1. The average Bonchev–Trinajstić information content (AvgIpc) is 3.19. The van der Waals surface area contributed by atoms with Crippen molar-refractivity contribution in [3.05, 3.63) is 22.4 Å². The van der Waals surface area contributed by atoms with Crippen LogP contribution < -0.4 is 16.0 Å². The van der Waals surface area contributed by atoms with E-state index in [0.717, 1.165) is 37.8 Å². The Bertz CT molecular complexity index is 566. The van der Waals surface area contributed by atoms with E-state index in [1.54, 1.807) is 18.3 Å². The van der Waals surface area contributed by atoms with E-state index in [2.05, 4.69) is 20.9 Å². The van der Waals surface area contributed by atoms with E-state index in [0.29, 0.717) is 19.0 Å². The number of aliphatic imine (C=N–C) groups is 1. The van der Waals surface area contributed by atoms with Gasteiger partial charge in [-0.25, -0.2) is 4.99 Å². The normalized spacial score (nSPS) is 18.2. The van der Waals surface area contributed by atoms with Gasteiger partial charge in [-0.2, -0.15) is 11.3 Å². The third-order valence-corrected chi connectivity index (χ3v) is 5.41. The van der Waals surface area contributed by atoms with Gasteiger partial charge < -0.3 is 21.1 Å². The Morgan fingerprint density at radius 3 is 2.65 bits per heavy atom. The first-order valence-electron chi connectivity index (χ1n) is 9.58. The largest absolute Gasteiger partial charge is 0.383 e. The Labute approximate surface area is 160 Å². The monoisotopic (exact) mass is 380 g/mol. The van der Waals surface area contributed by atoms with Crippen LogP contribution in [-0.4, -0.2) is 43.2 Å². The van der Waals surface area contributed by atoms with Crippen molar-refractivity contribution in [3.8, 4) is 0 Å². The van der Waals surface area contributed by atoms with Gasteiger partial charge in [0.15, 0.2) is 5.96 Å². The Balaban J connectivity index is 1.75. The maximum atomic E-state index is 12.1. The molecule has 146 valence electrons. The number of carbonyl (C=O) groups excluding carboxylic acids is 1. The number of hydrogen-bond acceptors (Lipinski definition) is 4.